The third-order valence-electron chi connectivity index (χ3n) is 2.95. The number of carbonyl (C=O) groups excluding carboxylic acids is 1. The van der Waals surface area contributed by atoms with Gasteiger partial charge in [0.2, 0.25) is 5.91 Å². The topological polar surface area (TPSA) is 92.4 Å². The molecule has 0 saturated carbocycles. The van der Waals surface area contributed by atoms with E-state index in [-0.39, 0.29) is 12.5 Å². The van der Waals surface area contributed by atoms with Crippen LogP contribution in [0.5, 0.6) is 0 Å². The Hall–Kier alpha value is -1.88. The maximum atomic E-state index is 12.1. The number of carbonyl (C=O) groups is 2. The molecule has 0 aromatic heterocycles. The van der Waals surface area contributed by atoms with Gasteiger partial charge in [-0.1, -0.05) is 43.7 Å². The lowest BCUT2D eigenvalue weighted by Crippen LogP contribution is -2.44. The summed E-state index contributed by atoms with van der Waals surface area (Å²) >= 11 is 0. The van der Waals surface area contributed by atoms with Crippen LogP contribution in [0.2, 0.25) is 0 Å². The molecule has 0 saturated heterocycles. The van der Waals surface area contributed by atoms with Gasteiger partial charge >= 0.3 is 5.97 Å². The van der Waals surface area contributed by atoms with Gasteiger partial charge in [0.25, 0.3) is 0 Å². The van der Waals surface area contributed by atoms with Crippen LogP contribution in [0.25, 0.3) is 0 Å². The highest BCUT2D eigenvalue weighted by Crippen LogP contribution is 2.14. The SMILES string of the molecule is CCC[C@H](NC(=O)C(CN)c1ccccc1)C(=O)O. The van der Waals surface area contributed by atoms with Crippen LogP contribution < -0.4 is 11.1 Å². The van der Waals surface area contributed by atoms with E-state index in [4.69, 9.17) is 10.8 Å². The minimum atomic E-state index is -1.01. The molecule has 0 heterocycles. The van der Waals surface area contributed by atoms with Crippen LogP contribution in [-0.2, 0) is 9.59 Å². The van der Waals surface area contributed by atoms with Gasteiger partial charge in [0, 0.05) is 6.54 Å². The molecule has 5 nitrogen and oxygen atoms in total. The lowest BCUT2D eigenvalue weighted by molar-refractivity contribution is -0.142. The van der Waals surface area contributed by atoms with E-state index in [1.165, 1.54) is 0 Å². The Morgan fingerprint density at radius 3 is 2.42 bits per heavy atom. The van der Waals surface area contributed by atoms with E-state index in [1.807, 2.05) is 37.3 Å². The van der Waals surface area contributed by atoms with Crippen molar-refractivity contribution in [3.63, 3.8) is 0 Å². The molecule has 19 heavy (non-hydrogen) atoms. The van der Waals surface area contributed by atoms with Gasteiger partial charge in [0.1, 0.15) is 6.04 Å². The van der Waals surface area contributed by atoms with E-state index in [0.29, 0.717) is 12.8 Å². The van der Waals surface area contributed by atoms with Gasteiger partial charge in [-0.15, -0.1) is 0 Å². The zero-order chi connectivity index (χ0) is 14.3. The molecule has 4 N–H and O–H groups in total. The Morgan fingerprint density at radius 1 is 1.32 bits per heavy atom. The minimum absolute atomic E-state index is 0.147. The molecule has 2 atom stereocenters. The van der Waals surface area contributed by atoms with Crippen molar-refractivity contribution in [2.24, 2.45) is 5.73 Å². The molecule has 0 aliphatic rings. The van der Waals surface area contributed by atoms with E-state index < -0.39 is 17.9 Å². The molecule has 1 aromatic rings. The van der Waals surface area contributed by atoms with Crippen molar-refractivity contribution in [3.8, 4) is 0 Å². The van der Waals surface area contributed by atoms with Crippen LogP contribution in [0.4, 0.5) is 0 Å². The zero-order valence-corrected chi connectivity index (χ0v) is 11.0. The van der Waals surface area contributed by atoms with Gasteiger partial charge in [-0.25, -0.2) is 4.79 Å². The van der Waals surface area contributed by atoms with Gasteiger partial charge in [-0.3, -0.25) is 4.79 Å². The number of nitrogens with one attached hydrogen (secondary N) is 1. The van der Waals surface area contributed by atoms with Gasteiger partial charge < -0.3 is 16.2 Å². The van der Waals surface area contributed by atoms with Crippen molar-refractivity contribution in [2.45, 2.75) is 31.7 Å². The smallest absolute Gasteiger partial charge is 0.326 e. The highest BCUT2D eigenvalue weighted by Gasteiger charge is 2.24. The van der Waals surface area contributed by atoms with Crippen molar-refractivity contribution in [1.29, 1.82) is 0 Å². The Kier molecular flexibility index (Phi) is 6.02. The Labute approximate surface area is 112 Å². The summed E-state index contributed by atoms with van der Waals surface area (Å²) in [5.74, 6) is -1.87. The molecule has 1 unspecified atom stereocenters. The highest BCUT2D eigenvalue weighted by atomic mass is 16.4. The molecule has 1 amide bonds. The molecule has 0 bridgehead atoms. The number of nitrogens with two attached hydrogens (primary N) is 1. The second-order valence-corrected chi connectivity index (χ2v) is 4.39. The van der Waals surface area contributed by atoms with Crippen molar-refractivity contribution >= 4 is 11.9 Å². The number of rotatable bonds is 7. The fourth-order valence-corrected chi connectivity index (χ4v) is 1.90. The Morgan fingerprint density at radius 2 is 1.95 bits per heavy atom. The first-order valence-corrected chi connectivity index (χ1v) is 6.38. The predicted octanol–water partition coefficient (Wildman–Crippen LogP) is 1.10. The summed E-state index contributed by atoms with van der Waals surface area (Å²) in [5, 5.41) is 11.6. The van der Waals surface area contributed by atoms with Crippen molar-refractivity contribution < 1.29 is 14.7 Å². The second-order valence-electron chi connectivity index (χ2n) is 4.39. The minimum Gasteiger partial charge on any atom is -0.480 e. The summed E-state index contributed by atoms with van der Waals surface area (Å²) < 4.78 is 0. The quantitative estimate of drug-likeness (QED) is 0.687. The van der Waals surface area contributed by atoms with Crippen molar-refractivity contribution in [2.75, 3.05) is 6.54 Å². The first-order valence-electron chi connectivity index (χ1n) is 6.38. The number of hydrogen-bond acceptors (Lipinski definition) is 3. The van der Waals surface area contributed by atoms with E-state index in [9.17, 15) is 9.59 Å². The third-order valence-corrected chi connectivity index (χ3v) is 2.95. The number of carboxylic acids is 1. The summed E-state index contributed by atoms with van der Waals surface area (Å²) in [7, 11) is 0. The molecule has 5 heteroatoms. The number of hydrogen-bond donors (Lipinski definition) is 3. The Bertz CT molecular complexity index is 420. The van der Waals surface area contributed by atoms with Crippen LogP contribution in [0, 0.1) is 0 Å². The first kappa shape index (κ1) is 15.2. The lowest BCUT2D eigenvalue weighted by atomic mass is 9.98. The van der Waals surface area contributed by atoms with Gasteiger partial charge in [-0.2, -0.15) is 0 Å². The molecular formula is C14H20N2O3. The van der Waals surface area contributed by atoms with E-state index in [1.54, 1.807) is 0 Å². The van der Waals surface area contributed by atoms with Gasteiger partial charge in [0.15, 0.2) is 0 Å². The van der Waals surface area contributed by atoms with Crippen molar-refractivity contribution in [3.05, 3.63) is 35.9 Å². The largest absolute Gasteiger partial charge is 0.480 e. The molecule has 1 aromatic carbocycles. The fraction of sp³-hybridized carbons (Fsp3) is 0.429. The summed E-state index contributed by atoms with van der Waals surface area (Å²) in [6, 6.07) is 8.28. The molecule has 0 spiro atoms. The second kappa shape index (κ2) is 7.53. The van der Waals surface area contributed by atoms with Gasteiger partial charge in [0.05, 0.1) is 5.92 Å². The van der Waals surface area contributed by atoms with Crippen LogP contribution in [0.3, 0.4) is 0 Å². The van der Waals surface area contributed by atoms with E-state index in [2.05, 4.69) is 5.32 Å². The summed E-state index contributed by atoms with van der Waals surface area (Å²) in [6.07, 6.45) is 1.10. The predicted molar refractivity (Wildman–Crippen MR) is 72.7 cm³/mol. The molecule has 1 rings (SSSR count). The summed E-state index contributed by atoms with van der Waals surface area (Å²) in [5.41, 5.74) is 6.42. The summed E-state index contributed by atoms with van der Waals surface area (Å²) in [6.45, 7) is 2.02. The maximum Gasteiger partial charge on any atom is 0.326 e. The third kappa shape index (κ3) is 4.37. The van der Waals surface area contributed by atoms with Crippen LogP contribution in [-0.4, -0.2) is 29.6 Å². The number of carboxylic acid groups (broad SMARTS) is 1. The average molecular weight is 264 g/mol. The van der Waals surface area contributed by atoms with Crippen LogP contribution in [0.15, 0.2) is 30.3 Å². The van der Waals surface area contributed by atoms with Gasteiger partial charge in [-0.05, 0) is 12.0 Å². The summed E-state index contributed by atoms with van der Waals surface area (Å²) in [4.78, 5) is 23.1. The normalized spacial score (nSPS) is 13.6. The molecular weight excluding hydrogens is 244 g/mol. The monoisotopic (exact) mass is 264 g/mol. The zero-order valence-electron chi connectivity index (χ0n) is 11.0. The maximum absolute atomic E-state index is 12.1. The van der Waals surface area contributed by atoms with Crippen LogP contribution in [0.1, 0.15) is 31.2 Å². The molecule has 0 radical (unpaired) electrons. The average Bonchev–Trinajstić information content (AvgIpc) is 2.40. The lowest BCUT2D eigenvalue weighted by Gasteiger charge is -2.19. The first-order chi connectivity index (χ1) is 9.10. The molecule has 0 fully saturated rings. The highest BCUT2D eigenvalue weighted by molar-refractivity contribution is 5.88. The molecule has 104 valence electrons. The number of amides is 1. The standard InChI is InChI=1S/C14H20N2O3/c1-2-6-12(14(18)19)16-13(17)11(9-15)10-7-4-3-5-8-10/h3-5,7-8,11-12H,2,6,9,15H2,1H3,(H,16,17)(H,18,19)/t11?,12-/m0/s1. The molecule has 0 aliphatic carbocycles. The van der Waals surface area contributed by atoms with E-state index in [0.717, 1.165) is 5.56 Å². The number of benzene rings is 1. The van der Waals surface area contributed by atoms with Crippen LogP contribution >= 0.6 is 0 Å². The number of aliphatic carboxylic acids is 1. The van der Waals surface area contributed by atoms with E-state index >= 15 is 0 Å². The fourth-order valence-electron chi connectivity index (χ4n) is 1.90. The Balaban J connectivity index is 2.76. The van der Waals surface area contributed by atoms with Crippen molar-refractivity contribution in [1.82, 2.24) is 5.32 Å². The molecule has 0 aliphatic heterocycles.